The highest BCUT2D eigenvalue weighted by molar-refractivity contribution is 5.49. The van der Waals surface area contributed by atoms with Crippen LogP contribution in [0.2, 0.25) is 0 Å². The minimum atomic E-state index is -0.0413. The minimum absolute atomic E-state index is 0.0413. The van der Waals surface area contributed by atoms with Crippen LogP contribution in [-0.2, 0) is 5.41 Å². The van der Waals surface area contributed by atoms with Crippen molar-refractivity contribution in [1.29, 1.82) is 0 Å². The Labute approximate surface area is 113 Å². The molecule has 102 valence electrons. The van der Waals surface area contributed by atoms with Crippen molar-refractivity contribution in [2.75, 3.05) is 11.9 Å². The molecule has 0 saturated carbocycles. The third-order valence-electron chi connectivity index (χ3n) is 2.68. The first-order chi connectivity index (χ1) is 9.00. The van der Waals surface area contributed by atoms with Crippen LogP contribution in [0.1, 0.15) is 39.8 Å². The van der Waals surface area contributed by atoms with Gasteiger partial charge in [-0.05, 0) is 6.42 Å². The van der Waals surface area contributed by atoms with Crippen molar-refractivity contribution >= 4 is 5.82 Å². The van der Waals surface area contributed by atoms with Crippen LogP contribution in [0.25, 0.3) is 11.6 Å². The van der Waals surface area contributed by atoms with Gasteiger partial charge >= 0.3 is 0 Å². The van der Waals surface area contributed by atoms with Crippen molar-refractivity contribution in [1.82, 2.24) is 25.1 Å². The number of anilines is 1. The Morgan fingerprint density at radius 3 is 2.63 bits per heavy atom. The summed E-state index contributed by atoms with van der Waals surface area (Å²) in [5, 5.41) is 9.94. The SMILES string of the molecule is CCCNc1cc(C(C)(C)C)nc(-c2ncn[nH]2)n1. The number of hydrogen-bond donors (Lipinski definition) is 2. The number of rotatable bonds is 4. The first-order valence-electron chi connectivity index (χ1n) is 6.50. The molecule has 0 fully saturated rings. The predicted octanol–water partition coefficient (Wildman–Crippen LogP) is 2.38. The van der Waals surface area contributed by atoms with Crippen LogP contribution < -0.4 is 5.32 Å². The van der Waals surface area contributed by atoms with Gasteiger partial charge in [-0.2, -0.15) is 5.10 Å². The summed E-state index contributed by atoms with van der Waals surface area (Å²) in [6.07, 6.45) is 2.51. The third-order valence-corrected chi connectivity index (χ3v) is 2.68. The molecule has 0 spiro atoms. The first kappa shape index (κ1) is 13.5. The Bertz CT molecular complexity index is 527. The fraction of sp³-hybridized carbons (Fsp3) is 0.538. The van der Waals surface area contributed by atoms with E-state index in [2.05, 4.69) is 58.2 Å². The summed E-state index contributed by atoms with van der Waals surface area (Å²) in [5.41, 5.74) is 0.938. The maximum atomic E-state index is 4.57. The molecule has 2 aromatic rings. The monoisotopic (exact) mass is 260 g/mol. The van der Waals surface area contributed by atoms with Gasteiger partial charge in [0.2, 0.25) is 0 Å². The van der Waals surface area contributed by atoms with Crippen molar-refractivity contribution in [3.63, 3.8) is 0 Å². The summed E-state index contributed by atoms with van der Waals surface area (Å²) in [5.74, 6) is 1.99. The highest BCUT2D eigenvalue weighted by atomic mass is 15.2. The zero-order valence-electron chi connectivity index (χ0n) is 11.9. The van der Waals surface area contributed by atoms with Gasteiger partial charge in [0.1, 0.15) is 12.1 Å². The predicted molar refractivity (Wildman–Crippen MR) is 74.9 cm³/mol. The summed E-state index contributed by atoms with van der Waals surface area (Å²) >= 11 is 0. The molecule has 0 radical (unpaired) electrons. The minimum Gasteiger partial charge on any atom is -0.370 e. The molecule has 6 heteroatoms. The lowest BCUT2D eigenvalue weighted by Gasteiger charge is -2.19. The molecule has 0 aliphatic rings. The first-order valence-corrected chi connectivity index (χ1v) is 6.50. The smallest absolute Gasteiger partial charge is 0.199 e. The van der Waals surface area contributed by atoms with E-state index in [-0.39, 0.29) is 5.41 Å². The fourth-order valence-corrected chi connectivity index (χ4v) is 1.59. The largest absolute Gasteiger partial charge is 0.370 e. The fourth-order valence-electron chi connectivity index (χ4n) is 1.59. The Kier molecular flexibility index (Phi) is 3.78. The Balaban J connectivity index is 2.43. The number of hydrogen-bond acceptors (Lipinski definition) is 5. The zero-order valence-corrected chi connectivity index (χ0v) is 11.9. The second kappa shape index (κ2) is 5.34. The van der Waals surface area contributed by atoms with Crippen molar-refractivity contribution in [3.05, 3.63) is 18.1 Å². The van der Waals surface area contributed by atoms with Crippen LogP contribution in [0.15, 0.2) is 12.4 Å². The van der Waals surface area contributed by atoms with Gasteiger partial charge < -0.3 is 5.32 Å². The maximum absolute atomic E-state index is 4.57. The molecule has 0 aromatic carbocycles. The van der Waals surface area contributed by atoms with Gasteiger partial charge in [-0.3, -0.25) is 5.10 Å². The quantitative estimate of drug-likeness (QED) is 0.882. The highest BCUT2D eigenvalue weighted by Crippen LogP contribution is 2.24. The van der Waals surface area contributed by atoms with Crippen LogP contribution in [0.5, 0.6) is 0 Å². The van der Waals surface area contributed by atoms with E-state index in [9.17, 15) is 0 Å². The summed E-state index contributed by atoms with van der Waals surface area (Å²) in [4.78, 5) is 13.2. The van der Waals surface area contributed by atoms with Gasteiger partial charge in [-0.25, -0.2) is 15.0 Å². The van der Waals surface area contributed by atoms with E-state index < -0.39 is 0 Å². The van der Waals surface area contributed by atoms with Crippen LogP contribution in [0.3, 0.4) is 0 Å². The molecule has 6 nitrogen and oxygen atoms in total. The molecule has 0 unspecified atom stereocenters. The van der Waals surface area contributed by atoms with Crippen molar-refractivity contribution in [2.45, 2.75) is 39.5 Å². The number of aromatic nitrogens is 5. The van der Waals surface area contributed by atoms with Gasteiger partial charge in [0, 0.05) is 18.0 Å². The number of nitrogens with zero attached hydrogens (tertiary/aromatic N) is 4. The van der Waals surface area contributed by atoms with E-state index in [1.54, 1.807) is 0 Å². The third kappa shape index (κ3) is 3.27. The molecular weight excluding hydrogens is 240 g/mol. The maximum Gasteiger partial charge on any atom is 0.199 e. The molecule has 2 N–H and O–H groups in total. The molecule has 19 heavy (non-hydrogen) atoms. The topological polar surface area (TPSA) is 79.4 Å². The normalized spacial score (nSPS) is 11.6. The van der Waals surface area contributed by atoms with E-state index in [1.165, 1.54) is 6.33 Å². The molecule has 0 saturated heterocycles. The molecule has 0 atom stereocenters. The van der Waals surface area contributed by atoms with Crippen molar-refractivity contribution < 1.29 is 0 Å². The molecular formula is C13H20N6. The van der Waals surface area contributed by atoms with Gasteiger partial charge in [0.15, 0.2) is 11.6 Å². The molecule has 0 aliphatic carbocycles. The average molecular weight is 260 g/mol. The summed E-state index contributed by atoms with van der Waals surface area (Å²) in [6, 6.07) is 2.00. The summed E-state index contributed by atoms with van der Waals surface area (Å²) < 4.78 is 0. The van der Waals surface area contributed by atoms with E-state index >= 15 is 0 Å². The molecule has 2 heterocycles. The van der Waals surface area contributed by atoms with Gasteiger partial charge in [-0.15, -0.1) is 0 Å². The summed E-state index contributed by atoms with van der Waals surface area (Å²) in [6.45, 7) is 9.39. The Morgan fingerprint density at radius 1 is 1.26 bits per heavy atom. The van der Waals surface area contributed by atoms with E-state index in [0.29, 0.717) is 11.6 Å². The second-order valence-electron chi connectivity index (χ2n) is 5.47. The lowest BCUT2D eigenvalue weighted by atomic mass is 9.92. The molecule has 2 rings (SSSR count). The number of H-pyrrole nitrogens is 1. The molecule has 0 amide bonds. The van der Waals surface area contributed by atoms with Crippen LogP contribution in [0, 0.1) is 0 Å². The zero-order chi connectivity index (χ0) is 13.9. The second-order valence-corrected chi connectivity index (χ2v) is 5.47. The molecule has 2 aromatic heterocycles. The average Bonchev–Trinajstić information content (AvgIpc) is 2.89. The van der Waals surface area contributed by atoms with Crippen LogP contribution in [0.4, 0.5) is 5.82 Å². The van der Waals surface area contributed by atoms with Crippen molar-refractivity contribution in [2.24, 2.45) is 0 Å². The van der Waals surface area contributed by atoms with Gasteiger partial charge in [0.05, 0.1) is 5.69 Å². The highest BCUT2D eigenvalue weighted by Gasteiger charge is 2.19. The standard InChI is InChI=1S/C13H20N6/c1-5-6-14-10-7-9(13(2,3)4)17-12(18-10)11-15-8-16-19-11/h7-8H,5-6H2,1-4H3,(H,14,17,18)(H,15,16,19). The van der Waals surface area contributed by atoms with E-state index in [0.717, 1.165) is 24.5 Å². The molecule has 0 aliphatic heterocycles. The Morgan fingerprint density at radius 2 is 2.05 bits per heavy atom. The summed E-state index contributed by atoms with van der Waals surface area (Å²) in [7, 11) is 0. The lowest BCUT2D eigenvalue weighted by Crippen LogP contribution is -2.16. The van der Waals surface area contributed by atoms with Crippen molar-refractivity contribution in [3.8, 4) is 11.6 Å². The molecule has 0 bridgehead atoms. The lowest BCUT2D eigenvalue weighted by molar-refractivity contribution is 0.568. The van der Waals surface area contributed by atoms with E-state index in [4.69, 9.17) is 0 Å². The number of aromatic amines is 1. The van der Waals surface area contributed by atoms with Crippen LogP contribution in [-0.4, -0.2) is 31.7 Å². The van der Waals surface area contributed by atoms with Gasteiger partial charge in [-0.1, -0.05) is 27.7 Å². The Hall–Kier alpha value is -1.98. The van der Waals surface area contributed by atoms with E-state index in [1.807, 2.05) is 6.07 Å². The van der Waals surface area contributed by atoms with Gasteiger partial charge in [0.25, 0.3) is 0 Å². The number of nitrogens with one attached hydrogen (secondary N) is 2. The van der Waals surface area contributed by atoms with Crippen LogP contribution >= 0.6 is 0 Å².